The van der Waals surface area contributed by atoms with E-state index in [0.29, 0.717) is 5.84 Å². The van der Waals surface area contributed by atoms with E-state index in [-0.39, 0.29) is 5.41 Å². The Morgan fingerprint density at radius 2 is 2.12 bits per heavy atom. The van der Waals surface area contributed by atoms with Crippen molar-refractivity contribution in [2.75, 3.05) is 13.1 Å². The fraction of sp³-hybridized carbons (Fsp3) is 0.923. The van der Waals surface area contributed by atoms with Gasteiger partial charge in [0.05, 0.1) is 5.84 Å². The van der Waals surface area contributed by atoms with Crippen molar-refractivity contribution in [3.05, 3.63) is 0 Å². The van der Waals surface area contributed by atoms with Crippen LogP contribution in [-0.2, 0) is 0 Å². The first kappa shape index (κ1) is 13.5. The number of hydrogen-bond donors (Lipinski definition) is 2. The van der Waals surface area contributed by atoms with Crippen LogP contribution in [0.1, 0.15) is 47.0 Å². The highest BCUT2D eigenvalue weighted by Gasteiger charge is 2.29. The van der Waals surface area contributed by atoms with Gasteiger partial charge >= 0.3 is 0 Å². The van der Waals surface area contributed by atoms with Crippen molar-refractivity contribution < 1.29 is 0 Å². The quantitative estimate of drug-likeness (QED) is 0.558. The van der Waals surface area contributed by atoms with Crippen LogP contribution < -0.4 is 5.73 Å². The summed E-state index contributed by atoms with van der Waals surface area (Å²) in [5.74, 6) is 1.05. The Hall–Kier alpha value is -0.570. The van der Waals surface area contributed by atoms with Crippen molar-refractivity contribution in [1.29, 1.82) is 5.41 Å². The zero-order chi connectivity index (χ0) is 12.3. The molecule has 16 heavy (non-hydrogen) atoms. The van der Waals surface area contributed by atoms with Crippen molar-refractivity contribution >= 4 is 5.84 Å². The summed E-state index contributed by atoms with van der Waals surface area (Å²) in [5, 5.41) is 7.57. The predicted molar refractivity (Wildman–Crippen MR) is 69.7 cm³/mol. The average molecular weight is 225 g/mol. The maximum absolute atomic E-state index is 7.57. The Bertz CT molecular complexity index is 246. The second-order valence-electron chi connectivity index (χ2n) is 6.04. The fourth-order valence-corrected chi connectivity index (χ4v) is 2.44. The smallest absolute Gasteiger partial charge is 0.0963 e. The molecule has 94 valence electrons. The van der Waals surface area contributed by atoms with Crippen LogP contribution in [0.15, 0.2) is 0 Å². The lowest BCUT2D eigenvalue weighted by molar-refractivity contribution is 0.189. The highest BCUT2D eigenvalue weighted by molar-refractivity contribution is 5.82. The number of rotatable bonds is 5. The van der Waals surface area contributed by atoms with Gasteiger partial charge in [0, 0.05) is 11.5 Å². The topological polar surface area (TPSA) is 53.1 Å². The van der Waals surface area contributed by atoms with Gasteiger partial charge in [0.2, 0.25) is 0 Å². The Morgan fingerprint density at radius 1 is 1.50 bits per heavy atom. The SMILES string of the molecule is CC(C)C1CCCN1CCC(C)(C)C(=N)N. The van der Waals surface area contributed by atoms with Gasteiger partial charge < -0.3 is 10.6 Å². The Balaban J connectivity index is 2.46. The van der Waals surface area contributed by atoms with Crippen molar-refractivity contribution in [3.63, 3.8) is 0 Å². The van der Waals surface area contributed by atoms with E-state index in [4.69, 9.17) is 11.1 Å². The molecule has 3 N–H and O–H groups in total. The molecule has 0 aromatic heterocycles. The van der Waals surface area contributed by atoms with E-state index in [1.165, 1.54) is 19.4 Å². The zero-order valence-electron chi connectivity index (χ0n) is 11.2. The minimum atomic E-state index is -0.149. The zero-order valence-corrected chi connectivity index (χ0v) is 11.2. The Labute approximate surface area is 99.9 Å². The van der Waals surface area contributed by atoms with Gasteiger partial charge in [-0.2, -0.15) is 0 Å². The standard InChI is InChI=1S/C13H27N3/c1-10(2)11-6-5-8-16(11)9-7-13(3,4)12(14)15/h10-11H,5-9H2,1-4H3,(H3,14,15). The van der Waals surface area contributed by atoms with E-state index in [1.54, 1.807) is 0 Å². The molecule has 3 heteroatoms. The number of nitrogens with two attached hydrogens (primary N) is 1. The van der Waals surface area contributed by atoms with Crippen molar-refractivity contribution in [2.45, 2.75) is 53.0 Å². The fourth-order valence-electron chi connectivity index (χ4n) is 2.44. The molecular weight excluding hydrogens is 198 g/mol. The maximum atomic E-state index is 7.57. The van der Waals surface area contributed by atoms with Crippen LogP contribution in [0, 0.1) is 16.7 Å². The van der Waals surface area contributed by atoms with Crippen molar-refractivity contribution in [2.24, 2.45) is 17.1 Å². The van der Waals surface area contributed by atoms with Gasteiger partial charge in [-0.3, -0.25) is 5.41 Å². The summed E-state index contributed by atoms with van der Waals surface area (Å²) >= 11 is 0. The minimum Gasteiger partial charge on any atom is -0.387 e. The van der Waals surface area contributed by atoms with Crippen LogP contribution in [0.4, 0.5) is 0 Å². The summed E-state index contributed by atoms with van der Waals surface area (Å²) < 4.78 is 0. The average Bonchev–Trinajstić information content (AvgIpc) is 2.62. The molecule has 1 unspecified atom stereocenters. The number of amidine groups is 1. The molecule has 0 aliphatic carbocycles. The number of hydrogen-bond acceptors (Lipinski definition) is 2. The highest BCUT2D eigenvalue weighted by Crippen LogP contribution is 2.27. The summed E-state index contributed by atoms with van der Waals surface area (Å²) in [4.78, 5) is 2.58. The molecule has 1 fully saturated rings. The van der Waals surface area contributed by atoms with Gasteiger partial charge in [0.15, 0.2) is 0 Å². The number of nitrogens with zero attached hydrogens (tertiary/aromatic N) is 1. The molecule has 0 spiro atoms. The van der Waals surface area contributed by atoms with Crippen LogP contribution in [0.5, 0.6) is 0 Å². The molecule has 0 aromatic rings. The van der Waals surface area contributed by atoms with E-state index in [9.17, 15) is 0 Å². The molecule has 1 aliphatic rings. The van der Waals surface area contributed by atoms with Crippen molar-refractivity contribution in [3.8, 4) is 0 Å². The first-order valence-electron chi connectivity index (χ1n) is 6.43. The highest BCUT2D eigenvalue weighted by atomic mass is 15.2. The van der Waals surface area contributed by atoms with Crippen LogP contribution >= 0.6 is 0 Å². The van der Waals surface area contributed by atoms with E-state index in [0.717, 1.165) is 24.9 Å². The van der Waals surface area contributed by atoms with Crippen molar-refractivity contribution in [1.82, 2.24) is 4.90 Å². The van der Waals surface area contributed by atoms with Gasteiger partial charge in [0.25, 0.3) is 0 Å². The summed E-state index contributed by atoms with van der Waals surface area (Å²) in [5.41, 5.74) is 5.47. The van der Waals surface area contributed by atoms with Crippen LogP contribution in [-0.4, -0.2) is 29.9 Å². The molecule has 1 heterocycles. The van der Waals surface area contributed by atoms with Crippen LogP contribution in [0.3, 0.4) is 0 Å². The van der Waals surface area contributed by atoms with E-state index >= 15 is 0 Å². The molecule has 1 aliphatic heterocycles. The third kappa shape index (κ3) is 3.21. The molecule has 0 aromatic carbocycles. The Kier molecular flexibility index (Phi) is 4.36. The maximum Gasteiger partial charge on any atom is 0.0963 e. The monoisotopic (exact) mass is 225 g/mol. The number of nitrogens with one attached hydrogen (secondary N) is 1. The largest absolute Gasteiger partial charge is 0.387 e. The summed E-state index contributed by atoms with van der Waals surface area (Å²) in [7, 11) is 0. The Morgan fingerprint density at radius 3 is 2.62 bits per heavy atom. The molecule has 3 nitrogen and oxygen atoms in total. The molecule has 0 saturated carbocycles. The minimum absolute atomic E-state index is 0.149. The lowest BCUT2D eigenvalue weighted by Crippen LogP contribution is -2.39. The molecule has 0 radical (unpaired) electrons. The van der Waals surface area contributed by atoms with E-state index < -0.39 is 0 Å². The molecule has 1 saturated heterocycles. The van der Waals surface area contributed by atoms with Crippen LogP contribution in [0.2, 0.25) is 0 Å². The molecule has 0 bridgehead atoms. The van der Waals surface area contributed by atoms with Gasteiger partial charge in [-0.05, 0) is 38.3 Å². The third-order valence-corrected chi connectivity index (χ3v) is 3.94. The molecular formula is C13H27N3. The molecule has 0 amide bonds. The van der Waals surface area contributed by atoms with Gasteiger partial charge in [0.1, 0.15) is 0 Å². The van der Waals surface area contributed by atoms with E-state index in [1.807, 2.05) is 0 Å². The lowest BCUT2D eigenvalue weighted by atomic mass is 9.87. The molecule has 1 atom stereocenters. The summed E-state index contributed by atoms with van der Waals surface area (Å²) in [6.45, 7) is 11.0. The second kappa shape index (κ2) is 5.17. The third-order valence-electron chi connectivity index (χ3n) is 3.94. The van der Waals surface area contributed by atoms with E-state index in [2.05, 4.69) is 32.6 Å². The first-order valence-corrected chi connectivity index (χ1v) is 6.43. The second-order valence-corrected chi connectivity index (χ2v) is 6.04. The predicted octanol–water partition coefficient (Wildman–Crippen LogP) is 2.46. The number of likely N-dealkylation sites (tertiary alicyclic amines) is 1. The first-order chi connectivity index (χ1) is 7.34. The normalized spacial score (nSPS) is 22.9. The van der Waals surface area contributed by atoms with Gasteiger partial charge in [-0.25, -0.2) is 0 Å². The lowest BCUT2D eigenvalue weighted by Gasteiger charge is -2.31. The van der Waals surface area contributed by atoms with Crippen LogP contribution in [0.25, 0.3) is 0 Å². The van der Waals surface area contributed by atoms with Gasteiger partial charge in [-0.1, -0.05) is 27.7 Å². The van der Waals surface area contributed by atoms with Gasteiger partial charge in [-0.15, -0.1) is 0 Å². The summed E-state index contributed by atoms with van der Waals surface area (Å²) in [6.07, 6.45) is 3.65. The summed E-state index contributed by atoms with van der Waals surface area (Å²) in [6, 6.07) is 0.739. The molecule has 1 rings (SSSR count).